The fourth-order valence-corrected chi connectivity index (χ4v) is 2.72. The van der Waals surface area contributed by atoms with Crippen molar-refractivity contribution in [3.8, 4) is 0 Å². The van der Waals surface area contributed by atoms with E-state index in [2.05, 4.69) is 24.4 Å². The van der Waals surface area contributed by atoms with Gasteiger partial charge in [-0.3, -0.25) is 4.79 Å². The quantitative estimate of drug-likeness (QED) is 0.266. The van der Waals surface area contributed by atoms with Crippen LogP contribution in [0.5, 0.6) is 0 Å². The maximum Gasteiger partial charge on any atom is 0.220 e. The molecule has 3 N–H and O–H groups in total. The Morgan fingerprint density at radius 1 is 0.960 bits per heavy atom. The van der Waals surface area contributed by atoms with Crippen molar-refractivity contribution in [2.75, 3.05) is 6.54 Å². The fraction of sp³-hybridized carbons (Fsp3) is 0.857. The van der Waals surface area contributed by atoms with Crippen LogP contribution in [0.2, 0.25) is 0 Å². The molecule has 148 valence electrons. The molecule has 0 bridgehead atoms. The fourth-order valence-electron chi connectivity index (χ4n) is 2.72. The highest BCUT2D eigenvalue weighted by Gasteiger charge is 2.02. The van der Waals surface area contributed by atoms with Gasteiger partial charge in [-0.1, -0.05) is 64.0 Å². The average molecular weight is 356 g/mol. The van der Waals surface area contributed by atoms with Crippen molar-refractivity contribution in [2.24, 2.45) is 0 Å². The third-order valence-corrected chi connectivity index (χ3v) is 4.33. The SMILES string of the molecule is CCCCCC[C@@H](O)C/C=C\CCCCCCCC(=O)NCC(C)O. The van der Waals surface area contributed by atoms with E-state index in [0.717, 1.165) is 44.9 Å². The van der Waals surface area contributed by atoms with Crippen LogP contribution in [0.15, 0.2) is 12.2 Å². The van der Waals surface area contributed by atoms with Crippen LogP contribution in [0.3, 0.4) is 0 Å². The molecule has 1 unspecified atom stereocenters. The second kappa shape index (κ2) is 17.9. The molecule has 4 heteroatoms. The van der Waals surface area contributed by atoms with Crippen LogP contribution in [0.1, 0.15) is 97.3 Å². The van der Waals surface area contributed by atoms with Gasteiger partial charge in [-0.2, -0.15) is 0 Å². The monoisotopic (exact) mass is 355 g/mol. The summed E-state index contributed by atoms with van der Waals surface area (Å²) < 4.78 is 0. The number of unbranched alkanes of at least 4 members (excludes halogenated alkanes) is 8. The molecule has 2 atom stereocenters. The first-order valence-corrected chi connectivity index (χ1v) is 10.3. The van der Waals surface area contributed by atoms with E-state index in [1.54, 1.807) is 6.92 Å². The van der Waals surface area contributed by atoms with Gasteiger partial charge in [0.25, 0.3) is 0 Å². The van der Waals surface area contributed by atoms with E-state index >= 15 is 0 Å². The molecule has 1 amide bonds. The second-order valence-corrected chi connectivity index (χ2v) is 7.17. The van der Waals surface area contributed by atoms with Gasteiger partial charge in [0.15, 0.2) is 0 Å². The Balaban J connectivity index is 3.33. The first-order valence-electron chi connectivity index (χ1n) is 10.3. The molecule has 0 saturated heterocycles. The molecule has 0 aliphatic carbocycles. The highest BCUT2D eigenvalue weighted by Crippen LogP contribution is 2.10. The topological polar surface area (TPSA) is 69.6 Å². The summed E-state index contributed by atoms with van der Waals surface area (Å²) in [5.74, 6) is 0.0390. The van der Waals surface area contributed by atoms with Gasteiger partial charge in [0, 0.05) is 13.0 Å². The smallest absolute Gasteiger partial charge is 0.220 e. The number of amides is 1. The third-order valence-electron chi connectivity index (χ3n) is 4.33. The first kappa shape index (κ1) is 24.1. The van der Waals surface area contributed by atoms with E-state index < -0.39 is 6.10 Å². The van der Waals surface area contributed by atoms with Crippen LogP contribution in [0.4, 0.5) is 0 Å². The molecule has 0 spiro atoms. The van der Waals surface area contributed by atoms with Crippen LogP contribution in [0, 0.1) is 0 Å². The van der Waals surface area contributed by atoms with Gasteiger partial charge in [-0.05, 0) is 39.0 Å². The van der Waals surface area contributed by atoms with E-state index in [0.29, 0.717) is 13.0 Å². The lowest BCUT2D eigenvalue weighted by molar-refractivity contribution is -0.121. The Morgan fingerprint density at radius 2 is 1.64 bits per heavy atom. The van der Waals surface area contributed by atoms with Crippen LogP contribution in [-0.2, 0) is 4.79 Å². The molecule has 0 heterocycles. The maximum atomic E-state index is 11.5. The Bertz CT molecular complexity index is 329. The van der Waals surface area contributed by atoms with Crippen molar-refractivity contribution >= 4 is 5.91 Å². The third kappa shape index (κ3) is 19.3. The van der Waals surface area contributed by atoms with Crippen molar-refractivity contribution in [3.63, 3.8) is 0 Å². The van der Waals surface area contributed by atoms with E-state index in [4.69, 9.17) is 5.11 Å². The molecule has 0 aliphatic heterocycles. The van der Waals surface area contributed by atoms with Crippen LogP contribution >= 0.6 is 0 Å². The number of nitrogens with one attached hydrogen (secondary N) is 1. The van der Waals surface area contributed by atoms with E-state index in [1.165, 1.54) is 32.1 Å². The standard InChI is InChI=1S/C21H41NO3/c1-3-4-5-12-15-20(24)16-13-10-8-6-7-9-11-14-17-21(25)22-18-19(2)23/h10,13,19-20,23-24H,3-9,11-12,14-18H2,1-2H3,(H,22,25)/b13-10-/t19?,20-/m1/s1. The number of carbonyl (C=O) groups is 1. The molecule has 0 rings (SSSR count). The number of hydrogen-bond donors (Lipinski definition) is 3. The summed E-state index contributed by atoms with van der Waals surface area (Å²) in [6.45, 7) is 4.22. The number of hydrogen-bond acceptors (Lipinski definition) is 3. The zero-order valence-corrected chi connectivity index (χ0v) is 16.5. The second-order valence-electron chi connectivity index (χ2n) is 7.17. The summed E-state index contributed by atoms with van der Waals surface area (Å²) in [5.41, 5.74) is 0. The van der Waals surface area contributed by atoms with Gasteiger partial charge in [-0.25, -0.2) is 0 Å². The lowest BCUT2D eigenvalue weighted by atomic mass is 10.1. The summed E-state index contributed by atoms with van der Waals surface area (Å²) in [7, 11) is 0. The molecule has 0 fully saturated rings. The minimum atomic E-state index is -0.473. The number of carbonyl (C=O) groups excluding carboxylic acids is 1. The van der Waals surface area contributed by atoms with E-state index in [-0.39, 0.29) is 12.0 Å². The Morgan fingerprint density at radius 3 is 2.36 bits per heavy atom. The highest BCUT2D eigenvalue weighted by molar-refractivity contribution is 5.75. The lowest BCUT2D eigenvalue weighted by Crippen LogP contribution is -2.30. The van der Waals surface area contributed by atoms with Gasteiger partial charge in [0.05, 0.1) is 12.2 Å². The Labute approximate surface area is 155 Å². The first-order chi connectivity index (χ1) is 12.1. The molecule has 0 aromatic rings. The predicted octanol–water partition coefficient (Wildman–Crippen LogP) is 4.49. The molecule has 0 radical (unpaired) electrons. The zero-order valence-electron chi connectivity index (χ0n) is 16.5. The normalized spacial score (nSPS) is 13.9. The Hall–Kier alpha value is -0.870. The van der Waals surface area contributed by atoms with Gasteiger partial charge in [0.2, 0.25) is 5.91 Å². The molecule has 0 aromatic heterocycles. The van der Waals surface area contributed by atoms with Gasteiger partial charge < -0.3 is 15.5 Å². The van der Waals surface area contributed by atoms with Crippen LogP contribution in [0.25, 0.3) is 0 Å². The molecule has 4 nitrogen and oxygen atoms in total. The average Bonchev–Trinajstić information content (AvgIpc) is 2.58. The van der Waals surface area contributed by atoms with Crippen molar-refractivity contribution in [2.45, 2.75) is 110 Å². The maximum absolute atomic E-state index is 11.5. The summed E-state index contributed by atoms with van der Waals surface area (Å²) >= 11 is 0. The molecule has 0 aliphatic rings. The number of aliphatic hydroxyl groups is 2. The predicted molar refractivity (Wildman–Crippen MR) is 106 cm³/mol. The highest BCUT2D eigenvalue weighted by atomic mass is 16.3. The minimum Gasteiger partial charge on any atom is -0.393 e. The summed E-state index contributed by atoms with van der Waals surface area (Å²) in [4.78, 5) is 11.5. The van der Waals surface area contributed by atoms with Crippen molar-refractivity contribution in [3.05, 3.63) is 12.2 Å². The van der Waals surface area contributed by atoms with Crippen molar-refractivity contribution in [1.82, 2.24) is 5.32 Å². The molecule has 0 aromatic carbocycles. The van der Waals surface area contributed by atoms with Gasteiger partial charge >= 0.3 is 0 Å². The Kier molecular flexibility index (Phi) is 17.3. The number of rotatable bonds is 17. The minimum absolute atomic E-state index is 0.0390. The van der Waals surface area contributed by atoms with Gasteiger partial charge in [0.1, 0.15) is 0 Å². The van der Waals surface area contributed by atoms with Crippen molar-refractivity contribution < 1.29 is 15.0 Å². The summed E-state index contributed by atoms with van der Waals surface area (Å²) in [6, 6.07) is 0. The molecular weight excluding hydrogens is 314 g/mol. The lowest BCUT2D eigenvalue weighted by Gasteiger charge is -2.07. The summed E-state index contributed by atoms with van der Waals surface area (Å²) in [6.07, 6.45) is 17.5. The molecule has 0 saturated carbocycles. The van der Waals surface area contributed by atoms with Crippen LogP contribution in [-0.4, -0.2) is 34.9 Å². The largest absolute Gasteiger partial charge is 0.393 e. The van der Waals surface area contributed by atoms with E-state index in [9.17, 15) is 9.90 Å². The number of aliphatic hydroxyl groups excluding tert-OH is 2. The zero-order chi connectivity index (χ0) is 18.8. The molecule has 25 heavy (non-hydrogen) atoms. The van der Waals surface area contributed by atoms with Crippen LogP contribution < -0.4 is 5.32 Å². The van der Waals surface area contributed by atoms with Crippen molar-refractivity contribution in [1.29, 1.82) is 0 Å². The van der Waals surface area contributed by atoms with E-state index in [1.807, 2.05) is 0 Å². The molecular formula is C21H41NO3. The van der Waals surface area contributed by atoms with Gasteiger partial charge in [-0.15, -0.1) is 0 Å². The summed E-state index contributed by atoms with van der Waals surface area (Å²) in [5, 5.41) is 21.7. The number of allylic oxidation sites excluding steroid dienone is 1.